The molecule has 1 aromatic carbocycles. The van der Waals surface area contributed by atoms with Crippen LogP contribution in [0.15, 0.2) is 47.3 Å². The topological polar surface area (TPSA) is 57.8 Å². The van der Waals surface area contributed by atoms with Crippen LogP contribution in [-0.2, 0) is 15.9 Å². The third kappa shape index (κ3) is 3.93. The van der Waals surface area contributed by atoms with Gasteiger partial charge < -0.3 is 24.3 Å². The van der Waals surface area contributed by atoms with Crippen molar-refractivity contribution in [2.45, 2.75) is 24.8 Å². The molecular weight excluding hydrogens is 354 g/mol. The number of pyridine rings is 1. The SMILES string of the molecule is COC[C@@]1(Cc2ccccc2)CCCN1c1cc(N2CCOCC2)cc(=O)[nH]1. The first kappa shape index (κ1) is 19.0. The highest BCUT2D eigenvalue weighted by atomic mass is 16.5. The van der Waals surface area contributed by atoms with Crippen LogP contribution in [0.3, 0.4) is 0 Å². The van der Waals surface area contributed by atoms with E-state index in [2.05, 4.69) is 45.1 Å². The molecule has 150 valence electrons. The molecule has 0 radical (unpaired) electrons. The first-order valence-corrected chi connectivity index (χ1v) is 10.1. The first-order valence-electron chi connectivity index (χ1n) is 10.1. The van der Waals surface area contributed by atoms with Crippen molar-refractivity contribution in [1.82, 2.24) is 4.98 Å². The van der Waals surface area contributed by atoms with Gasteiger partial charge in [0.05, 0.1) is 25.4 Å². The highest BCUT2D eigenvalue weighted by molar-refractivity contribution is 5.57. The summed E-state index contributed by atoms with van der Waals surface area (Å²) in [7, 11) is 1.76. The zero-order valence-electron chi connectivity index (χ0n) is 16.5. The Balaban J connectivity index is 1.67. The number of hydrogen-bond donors (Lipinski definition) is 1. The summed E-state index contributed by atoms with van der Waals surface area (Å²) in [6, 6.07) is 14.4. The van der Waals surface area contributed by atoms with Crippen LogP contribution in [0.25, 0.3) is 0 Å². The summed E-state index contributed by atoms with van der Waals surface area (Å²) in [4.78, 5) is 20.1. The minimum Gasteiger partial charge on any atom is -0.382 e. The minimum atomic E-state index is -0.150. The molecule has 2 aliphatic heterocycles. The van der Waals surface area contributed by atoms with Gasteiger partial charge in [-0.2, -0.15) is 0 Å². The Kier molecular flexibility index (Phi) is 5.69. The van der Waals surface area contributed by atoms with Crippen LogP contribution in [0.1, 0.15) is 18.4 Å². The maximum atomic E-state index is 12.5. The van der Waals surface area contributed by atoms with Crippen molar-refractivity contribution in [2.75, 3.05) is 56.4 Å². The van der Waals surface area contributed by atoms with Crippen LogP contribution in [-0.4, -0.2) is 57.1 Å². The van der Waals surface area contributed by atoms with Crippen molar-refractivity contribution in [2.24, 2.45) is 0 Å². The van der Waals surface area contributed by atoms with E-state index in [4.69, 9.17) is 9.47 Å². The second-order valence-electron chi connectivity index (χ2n) is 7.76. The van der Waals surface area contributed by atoms with Gasteiger partial charge in [-0.05, 0) is 24.8 Å². The predicted octanol–water partition coefficient (Wildman–Crippen LogP) is 2.44. The van der Waals surface area contributed by atoms with Gasteiger partial charge in [0.15, 0.2) is 0 Å². The number of aromatic nitrogens is 1. The third-order valence-corrected chi connectivity index (χ3v) is 5.87. The number of morpholine rings is 1. The molecule has 0 spiro atoms. The van der Waals surface area contributed by atoms with Gasteiger partial charge >= 0.3 is 0 Å². The van der Waals surface area contributed by atoms with Gasteiger partial charge in [-0.3, -0.25) is 4.79 Å². The number of hydrogen-bond acceptors (Lipinski definition) is 5. The normalized spacial score (nSPS) is 22.6. The van der Waals surface area contributed by atoms with Crippen molar-refractivity contribution in [3.05, 3.63) is 58.4 Å². The van der Waals surface area contributed by atoms with Crippen LogP contribution in [0.5, 0.6) is 0 Å². The number of ether oxygens (including phenoxy) is 2. The standard InChI is InChI=1S/C22H29N3O3/c1-27-17-22(16-18-6-3-2-4-7-18)8-5-9-25(22)20-14-19(15-21(26)23-20)24-10-12-28-13-11-24/h2-4,6-7,14-15H,5,8-13,16-17H2,1H3,(H,23,26)/t22-/m0/s1. The predicted molar refractivity (Wildman–Crippen MR) is 111 cm³/mol. The second-order valence-corrected chi connectivity index (χ2v) is 7.76. The van der Waals surface area contributed by atoms with Crippen molar-refractivity contribution in [1.29, 1.82) is 0 Å². The molecule has 4 rings (SSSR count). The van der Waals surface area contributed by atoms with Crippen LogP contribution in [0.2, 0.25) is 0 Å². The summed E-state index contributed by atoms with van der Waals surface area (Å²) in [5.74, 6) is 0.888. The zero-order chi connectivity index (χ0) is 19.4. The van der Waals surface area contributed by atoms with Crippen molar-refractivity contribution >= 4 is 11.5 Å². The molecule has 28 heavy (non-hydrogen) atoms. The smallest absolute Gasteiger partial charge is 0.251 e. The quantitative estimate of drug-likeness (QED) is 0.830. The van der Waals surface area contributed by atoms with Gasteiger partial charge in [0.1, 0.15) is 5.82 Å². The number of H-pyrrole nitrogens is 1. The third-order valence-electron chi connectivity index (χ3n) is 5.87. The molecule has 0 unspecified atom stereocenters. The average Bonchev–Trinajstić information content (AvgIpc) is 3.12. The number of rotatable bonds is 6. The van der Waals surface area contributed by atoms with Gasteiger partial charge in [0.2, 0.25) is 0 Å². The van der Waals surface area contributed by atoms with E-state index >= 15 is 0 Å². The Morgan fingerprint density at radius 3 is 2.68 bits per heavy atom. The van der Waals surface area contributed by atoms with E-state index in [1.54, 1.807) is 13.2 Å². The van der Waals surface area contributed by atoms with Crippen molar-refractivity contribution < 1.29 is 9.47 Å². The lowest BCUT2D eigenvalue weighted by Crippen LogP contribution is -2.50. The number of aromatic amines is 1. The molecule has 0 bridgehead atoms. The monoisotopic (exact) mass is 383 g/mol. The van der Waals surface area contributed by atoms with Crippen LogP contribution < -0.4 is 15.4 Å². The highest BCUT2D eigenvalue weighted by Gasteiger charge is 2.42. The molecule has 6 heteroatoms. The molecule has 0 amide bonds. The van der Waals surface area contributed by atoms with Crippen LogP contribution >= 0.6 is 0 Å². The van der Waals surface area contributed by atoms with E-state index in [0.29, 0.717) is 19.8 Å². The summed E-state index contributed by atoms with van der Waals surface area (Å²) in [6.45, 7) is 4.58. The van der Waals surface area contributed by atoms with E-state index < -0.39 is 0 Å². The lowest BCUT2D eigenvalue weighted by Gasteiger charge is -2.40. The maximum Gasteiger partial charge on any atom is 0.251 e. The number of nitrogens with one attached hydrogen (secondary N) is 1. The number of methoxy groups -OCH3 is 1. The Hall–Kier alpha value is -2.31. The zero-order valence-corrected chi connectivity index (χ0v) is 16.5. The lowest BCUT2D eigenvalue weighted by molar-refractivity contribution is 0.122. The van der Waals surface area contributed by atoms with E-state index in [-0.39, 0.29) is 11.1 Å². The Morgan fingerprint density at radius 2 is 1.93 bits per heavy atom. The fourth-order valence-electron chi connectivity index (χ4n) is 4.61. The molecule has 1 atom stereocenters. The summed E-state index contributed by atoms with van der Waals surface area (Å²) in [5.41, 5.74) is 2.05. The van der Waals surface area contributed by atoms with Crippen LogP contribution in [0.4, 0.5) is 11.5 Å². The molecule has 0 saturated carbocycles. The van der Waals surface area contributed by atoms with Crippen molar-refractivity contribution in [3.8, 4) is 0 Å². The largest absolute Gasteiger partial charge is 0.382 e. The molecular formula is C22H29N3O3. The van der Waals surface area contributed by atoms with E-state index in [9.17, 15) is 4.79 Å². The van der Waals surface area contributed by atoms with Gasteiger partial charge in [-0.15, -0.1) is 0 Å². The number of anilines is 2. The molecule has 2 aliphatic rings. The van der Waals surface area contributed by atoms with Gasteiger partial charge in [-0.1, -0.05) is 30.3 Å². The summed E-state index contributed by atoms with van der Waals surface area (Å²) < 4.78 is 11.1. The molecule has 1 aromatic heterocycles. The van der Waals surface area contributed by atoms with Gasteiger partial charge in [-0.25, -0.2) is 0 Å². The molecule has 6 nitrogen and oxygen atoms in total. The van der Waals surface area contributed by atoms with E-state index in [0.717, 1.165) is 50.4 Å². The molecule has 2 saturated heterocycles. The molecule has 3 heterocycles. The second kappa shape index (κ2) is 8.37. The summed E-state index contributed by atoms with van der Waals surface area (Å²) in [6.07, 6.45) is 3.02. The fourth-order valence-corrected chi connectivity index (χ4v) is 4.61. The van der Waals surface area contributed by atoms with Crippen LogP contribution in [0, 0.1) is 0 Å². The summed E-state index contributed by atoms with van der Waals surface area (Å²) >= 11 is 0. The first-order chi connectivity index (χ1) is 13.7. The fraction of sp³-hybridized carbons (Fsp3) is 0.500. The maximum absolute atomic E-state index is 12.5. The van der Waals surface area contributed by atoms with Crippen molar-refractivity contribution in [3.63, 3.8) is 0 Å². The van der Waals surface area contributed by atoms with Gasteiger partial charge in [0.25, 0.3) is 5.56 Å². The Labute approximate surface area is 166 Å². The average molecular weight is 383 g/mol. The van der Waals surface area contributed by atoms with E-state index in [1.165, 1.54) is 5.56 Å². The molecule has 0 aliphatic carbocycles. The Morgan fingerprint density at radius 1 is 1.14 bits per heavy atom. The lowest BCUT2D eigenvalue weighted by atomic mass is 9.88. The van der Waals surface area contributed by atoms with Gasteiger partial charge in [0, 0.05) is 44.6 Å². The molecule has 1 N–H and O–H groups in total. The minimum absolute atomic E-state index is 0.0584. The molecule has 2 aromatic rings. The number of benzene rings is 1. The Bertz CT molecular complexity index is 832. The molecule has 2 fully saturated rings. The highest BCUT2D eigenvalue weighted by Crippen LogP contribution is 2.37. The van der Waals surface area contributed by atoms with E-state index in [1.807, 2.05) is 6.07 Å². The number of nitrogens with zero attached hydrogens (tertiary/aromatic N) is 2. The summed E-state index contributed by atoms with van der Waals surface area (Å²) in [5, 5.41) is 0.